The van der Waals surface area contributed by atoms with Crippen LogP contribution in [0.2, 0.25) is 0 Å². The summed E-state index contributed by atoms with van der Waals surface area (Å²) in [5.41, 5.74) is 0.699. The standard InChI is InChI=1S/C19H26N2O4/c1-5-13(3)19(4,25)11-20-16(22)8-9-21-17(23)14-7-6-12(2)10-15(14)18(21)24/h6-7,10,13,25H,5,8-9,11H2,1-4H3,(H,20,22)/t13-,19-/m0/s1. The lowest BCUT2D eigenvalue weighted by Gasteiger charge is -2.29. The monoisotopic (exact) mass is 346 g/mol. The Morgan fingerprint density at radius 3 is 2.56 bits per heavy atom. The molecule has 1 aliphatic rings. The van der Waals surface area contributed by atoms with Gasteiger partial charge in [0.25, 0.3) is 11.8 Å². The average Bonchev–Trinajstić information content (AvgIpc) is 2.80. The zero-order valence-electron chi connectivity index (χ0n) is 15.3. The van der Waals surface area contributed by atoms with Gasteiger partial charge in [0.1, 0.15) is 0 Å². The number of nitrogens with one attached hydrogen (secondary N) is 1. The summed E-state index contributed by atoms with van der Waals surface area (Å²) in [7, 11) is 0. The van der Waals surface area contributed by atoms with Crippen LogP contribution in [0.3, 0.4) is 0 Å². The number of aliphatic hydroxyl groups is 1. The molecule has 0 saturated heterocycles. The Kier molecular flexibility index (Phi) is 5.62. The van der Waals surface area contributed by atoms with Crippen LogP contribution in [0.4, 0.5) is 0 Å². The molecule has 2 N–H and O–H groups in total. The van der Waals surface area contributed by atoms with Gasteiger partial charge in [0.05, 0.1) is 16.7 Å². The number of carbonyl (C=O) groups is 3. The fourth-order valence-corrected chi connectivity index (χ4v) is 2.80. The second kappa shape index (κ2) is 7.35. The van der Waals surface area contributed by atoms with Crippen molar-refractivity contribution in [2.75, 3.05) is 13.1 Å². The Bertz CT molecular complexity index is 697. The Hall–Kier alpha value is -2.21. The van der Waals surface area contributed by atoms with Crippen LogP contribution >= 0.6 is 0 Å². The van der Waals surface area contributed by atoms with Crippen LogP contribution in [0.15, 0.2) is 18.2 Å². The van der Waals surface area contributed by atoms with Crippen molar-refractivity contribution in [1.29, 1.82) is 0 Å². The number of rotatable bonds is 7. The molecule has 1 aromatic rings. The first-order valence-electron chi connectivity index (χ1n) is 8.63. The Morgan fingerprint density at radius 2 is 1.92 bits per heavy atom. The summed E-state index contributed by atoms with van der Waals surface area (Å²) in [5.74, 6) is -0.967. The van der Waals surface area contributed by atoms with Gasteiger partial charge in [0.2, 0.25) is 5.91 Å². The van der Waals surface area contributed by atoms with E-state index >= 15 is 0 Å². The van der Waals surface area contributed by atoms with Crippen molar-refractivity contribution in [3.63, 3.8) is 0 Å². The number of benzene rings is 1. The van der Waals surface area contributed by atoms with E-state index in [2.05, 4.69) is 5.32 Å². The molecule has 0 bridgehead atoms. The van der Waals surface area contributed by atoms with Gasteiger partial charge in [-0.05, 0) is 31.9 Å². The van der Waals surface area contributed by atoms with Gasteiger partial charge in [0, 0.05) is 19.5 Å². The van der Waals surface area contributed by atoms with Gasteiger partial charge in [0.15, 0.2) is 0 Å². The number of hydrogen-bond acceptors (Lipinski definition) is 4. The zero-order valence-corrected chi connectivity index (χ0v) is 15.3. The fourth-order valence-electron chi connectivity index (χ4n) is 2.80. The summed E-state index contributed by atoms with van der Waals surface area (Å²) < 4.78 is 0. The number of aryl methyl sites for hydroxylation is 1. The second-order valence-electron chi connectivity index (χ2n) is 7.00. The molecule has 6 heteroatoms. The largest absolute Gasteiger partial charge is 0.388 e. The molecule has 0 aromatic heterocycles. The highest BCUT2D eigenvalue weighted by atomic mass is 16.3. The maximum atomic E-state index is 12.4. The molecule has 2 rings (SSSR count). The van der Waals surface area contributed by atoms with Crippen molar-refractivity contribution < 1.29 is 19.5 Å². The summed E-state index contributed by atoms with van der Waals surface area (Å²) in [6.07, 6.45) is 0.818. The molecule has 0 spiro atoms. The Balaban J connectivity index is 1.91. The minimum atomic E-state index is -0.989. The van der Waals surface area contributed by atoms with Crippen LogP contribution in [-0.2, 0) is 4.79 Å². The van der Waals surface area contributed by atoms with E-state index in [0.29, 0.717) is 11.1 Å². The zero-order chi connectivity index (χ0) is 18.8. The van der Waals surface area contributed by atoms with Gasteiger partial charge in [-0.3, -0.25) is 19.3 Å². The van der Waals surface area contributed by atoms with E-state index < -0.39 is 5.60 Å². The minimum Gasteiger partial charge on any atom is -0.388 e. The number of hydrogen-bond donors (Lipinski definition) is 2. The third-order valence-electron chi connectivity index (χ3n) is 5.01. The summed E-state index contributed by atoms with van der Waals surface area (Å²) >= 11 is 0. The molecular formula is C19H26N2O4. The van der Waals surface area contributed by atoms with E-state index in [0.717, 1.165) is 16.9 Å². The van der Waals surface area contributed by atoms with E-state index in [-0.39, 0.29) is 43.1 Å². The van der Waals surface area contributed by atoms with Crippen molar-refractivity contribution in [1.82, 2.24) is 10.2 Å². The van der Waals surface area contributed by atoms with Crippen LogP contribution in [-0.4, -0.2) is 46.4 Å². The summed E-state index contributed by atoms with van der Waals surface area (Å²) in [4.78, 5) is 37.8. The molecule has 0 aliphatic carbocycles. The van der Waals surface area contributed by atoms with Gasteiger partial charge in [-0.25, -0.2) is 0 Å². The molecule has 25 heavy (non-hydrogen) atoms. The smallest absolute Gasteiger partial charge is 0.261 e. The van der Waals surface area contributed by atoms with E-state index in [9.17, 15) is 19.5 Å². The van der Waals surface area contributed by atoms with Gasteiger partial charge in [-0.2, -0.15) is 0 Å². The Morgan fingerprint density at radius 1 is 1.28 bits per heavy atom. The maximum Gasteiger partial charge on any atom is 0.261 e. The Labute approximate surface area is 148 Å². The van der Waals surface area contributed by atoms with Crippen molar-refractivity contribution in [3.05, 3.63) is 34.9 Å². The van der Waals surface area contributed by atoms with Crippen LogP contribution in [0, 0.1) is 12.8 Å². The molecule has 0 fully saturated rings. The molecule has 2 atom stereocenters. The van der Waals surface area contributed by atoms with E-state index in [1.54, 1.807) is 25.1 Å². The predicted octanol–water partition coefficient (Wildman–Crippen LogP) is 1.89. The summed E-state index contributed by atoms with van der Waals surface area (Å²) in [6.45, 7) is 7.62. The van der Waals surface area contributed by atoms with Crippen molar-refractivity contribution in [3.8, 4) is 0 Å². The van der Waals surface area contributed by atoms with Gasteiger partial charge in [-0.15, -0.1) is 0 Å². The van der Waals surface area contributed by atoms with E-state index in [4.69, 9.17) is 0 Å². The number of fused-ring (bicyclic) bond motifs is 1. The second-order valence-corrected chi connectivity index (χ2v) is 7.00. The van der Waals surface area contributed by atoms with Crippen molar-refractivity contribution >= 4 is 17.7 Å². The van der Waals surface area contributed by atoms with Gasteiger partial charge in [-0.1, -0.05) is 31.9 Å². The quantitative estimate of drug-likeness (QED) is 0.738. The molecule has 0 saturated carbocycles. The molecule has 0 unspecified atom stereocenters. The fraction of sp³-hybridized carbons (Fsp3) is 0.526. The first-order valence-corrected chi connectivity index (χ1v) is 8.63. The van der Waals surface area contributed by atoms with Crippen molar-refractivity contribution in [2.45, 2.75) is 46.1 Å². The SMILES string of the molecule is CC[C@H](C)[C@@](C)(O)CNC(=O)CCN1C(=O)c2ccc(C)cc2C1=O. The van der Waals surface area contributed by atoms with Crippen LogP contribution in [0.5, 0.6) is 0 Å². The van der Waals surface area contributed by atoms with Gasteiger partial charge < -0.3 is 10.4 Å². The van der Waals surface area contributed by atoms with Crippen LogP contribution in [0.1, 0.15) is 59.9 Å². The number of amides is 3. The molecule has 3 amide bonds. The molecule has 1 aliphatic heterocycles. The normalized spacial score (nSPS) is 17.2. The molecule has 136 valence electrons. The number of imide groups is 1. The van der Waals surface area contributed by atoms with Crippen LogP contribution < -0.4 is 5.32 Å². The molecule has 6 nitrogen and oxygen atoms in total. The molecule has 1 heterocycles. The molecule has 1 aromatic carbocycles. The minimum absolute atomic E-state index is 0.0149. The third kappa shape index (κ3) is 4.07. The summed E-state index contributed by atoms with van der Waals surface area (Å²) in [5, 5.41) is 13.0. The third-order valence-corrected chi connectivity index (χ3v) is 5.01. The molecule has 0 radical (unpaired) electrons. The summed E-state index contributed by atoms with van der Waals surface area (Å²) in [6, 6.07) is 5.13. The predicted molar refractivity (Wildman–Crippen MR) is 94.3 cm³/mol. The lowest BCUT2D eigenvalue weighted by atomic mass is 9.88. The van der Waals surface area contributed by atoms with Crippen molar-refractivity contribution in [2.24, 2.45) is 5.92 Å². The maximum absolute atomic E-state index is 12.4. The number of nitrogens with zero attached hydrogens (tertiary/aromatic N) is 1. The topological polar surface area (TPSA) is 86.7 Å². The van der Waals surface area contributed by atoms with Crippen LogP contribution in [0.25, 0.3) is 0 Å². The van der Waals surface area contributed by atoms with E-state index in [1.807, 2.05) is 20.8 Å². The first-order chi connectivity index (χ1) is 11.7. The molecular weight excluding hydrogens is 320 g/mol. The number of carbonyl (C=O) groups excluding carboxylic acids is 3. The highest BCUT2D eigenvalue weighted by molar-refractivity contribution is 6.21. The van der Waals surface area contributed by atoms with E-state index in [1.165, 1.54) is 0 Å². The lowest BCUT2D eigenvalue weighted by Crippen LogP contribution is -2.45. The lowest BCUT2D eigenvalue weighted by molar-refractivity contribution is -0.122. The highest BCUT2D eigenvalue weighted by Gasteiger charge is 2.35. The first kappa shape index (κ1) is 19.1. The highest BCUT2D eigenvalue weighted by Crippen LogP contribution is 2.24. The average molecular weight is 346 g/mol. The van der Waals surface area contributed by atoms with Gasteiger partial charge >= 0.3 is 0 Å².